The van der Waals surface area contributed by atoms with Crippen molar-refractivity contribution in [2.75, 3.05) is 20.7 Å². The van der Waals surface area contributed by atoms with E-state index in [-0.39, 0.29) is 11.9 Å². The van der Waals surface area contributed by atoms with Gasteiger partial charge in [0.15, 0.2) is 0 Å². The molecule has 0 atom stereocenters. The van der Waals surface area contributed by atoms with Gasteiger partial charge in [-0.15, -0.1) is 11.3 Å². The molecule has 1 fully saturated rings. The van der Waals surface area contributed by atoms with Gasteiger partial charge in [0.25, 0.3) is 5.91 Å². The van der Waals surface area contributed by atoms with Crippen molar-refractivity contribution in [3.8, 4) is 17.0 Å². The van der Waals surface area contributed by atoms with Crippen molar-refractivity contribution in [3.63, 3.8) is 0 Å². The highest BCUT2D eigenvalue weighted by Gasteiger charge is 2.33. The Morgan fingerprint density at radius 2 is 1.84 bits per heavy atom. The van der Waals surface area contributed by atoms with Crippen molar-refractivity contribution in [2.45, 2.75) is 51.2 Å². The van der Waals surface area contributed by atoms with E-state index in [1.54, 1.807) is 18.6 Å². The Bertz CT molecular complexity index is 1400. The Hall–Kier alpha value is -3.00. The molecule has 2 heterocycles. The zero-order chi connectivity index (χ0) is 26.6. The van der Waals surface area contributed by atoms with Gasteiger partial charge in [-0.05, 0) is 71.0 Å². The number of rotatable bonds is 8. The predicted octanol–water partition coefficient (Wildman–Crippen LogP) is 6.93. The number of nitrogens with zero attached hydrogens (tertiary/aromatic N) is 4. The summed E-state index contributed by atoms with van der Waals surface area (Å²) in [6.45, 7) is 2.95. The second kappa shape index (κ2) is 11.8. The van der Waals surface area contributed by atoms with E-state index in [1.807, 2.05) is 48.2 Å². The molecule has 0 radical (unpaired) electrons. The lowest BCUT2D eigenvalue weighted by Crippen LogP contribution is -2.44. The lowest BCUT2D eigenvalue weighted by Gasteiger charge is -2.39. The monoisotopic (exact) mass is 548 g/mol. The fourth-order valence-corrected chi connectivity index (χ4v) is 6.79. The van der Waals surface area contributed by atoms with E-state index < -0.39 is 0 Å². The van der Waals surface area contributed by atoms with Crippen LogP contribution < -0.4 is 4.74 Å². The summed E-state index contributed by atoms with van der Waals surface area (Å²) in [7, 11) is 4.27. The number of carbonyl (C=O) groups is 1. The minimum Gasteiger partial charge on any atom is -0.494 e. The third-order valence-electron chi connectivity index (χ3n) is 7.39. The molecule has 1 amide bonds. The van der Waals surface area contributed by atoms with E-state index in [0.29, 0.717) is 29.1 Å². The minimum atomic E-state index is -0.0168. The maximum Gasteiger partial charge on any atom is 0.266 e. The molecule has 1 aliphatic carbocycles. The molecule has 1 aliphatic rings. The smallest absolute Gasteiger partial charge is 0.266 e. The number of hydrogen-bond acceptors (Lipinski definition) is 6. The molecule has 38 heavy (non-hydrogen) atoms. The van der Waals surface area contributed by atoms with Gasteiger partial charge < -0.3 is 14.5 Å². The second-order valence-corrected chi connectivity index (χ2v) is 11.4. The van der Waals surface area contributed by atoms with Crippen LogP contribution in [0.15, 0.2) is 61.1 Å². The molecule has 0 bridgehead atoms. The number of carbonyl (C=O) groups excluding carboxylic acids is 1. The quantitative estimate of drug-likeness (QED) is 0.239. The average Bonchev–Trinajstić information content (AvgIpc) is 3.29. The number of amides is 1. The highest BCUT2D eigenvalue weighted by Crippen LogP contribution is 2.38. The minimum absolute atomic E-state index is 0.0168. The van der Waals surface area contributed by atoms with Gasteiger partial charge in [-0.25, -0.2) is 0 Å². The first-order chi connectivity index (χ1) is 18.5. The predicted molar refractivity (Wildman–Crippen MR) is 155 cm³/mol. The van der Waals surface area contributed by atoms with Crippen LogP contribution in [0, 0.1) is 0 Å². The Morgan fingerprint density at radius 3 is 2.53 bits per heavy atom. The summed E-state index contributed by atoms with van der Waals surface area (Å²) >= 11 is 8.28. The van der Waals surface area contributed by atoms with Crippen molar-refractivity contribution >= 4 is 38.9 Å². The van der Waals surface area contributed by atoms with Gasteiger partial charge in [0.1, 0.15) is 10.6 Å². The first kappa shape index (κ1) is 26.6. The van der Waals surface area contributed by atoms with Crippen molar-refractivity contribution in [1.82, 2.24) is 19.8 Å². The van der Waals surface area contributed by atoms with E-state index in [9.17, 15) is 4.79 Å². The highest BCUT2D eigenvalue weighted by atomic mass is 35.5. The molecule has 5 rings (SSSR count). The Balaban J connectivity index is 1.53. The summed E-state index contributed by atoms with van der Waals surface area (Å²) in [5.41, 5.74) is 2.68. The fourth-order valence-electron chi connectivity index (χ4n) is 5.33. The van der Waals surface area contributed by atoms with E-state index in [1.165, 1.54) is 11.3 Å². The zero-order valence-corrected chi connectivity index (χ0v) is 23.6. The number of fused-ring (bicyclic) bond motifs is 1. The number of halogens is 1. The van der Waals surface area contributed by atoms with Crippen LogP contribution in [0.2, 0.25) is 5.02 Å². The van der Waals surface area contributed by atoms with Crippen LogP contribution in [0.3, 0.4) is 0 Å². The summed E-state index contributed by atoms with van der Waals surface area (Å²) < 4.78 is 7.04. The van der Waals surface area contributed by atoms with E-state index in [4.69, 9.17) is 16.3 Å². The standard InChI is InChI=1S/C30H33ClN4O2S/c1-4-37-26-14-9-20(25-18-32-15-16-33-25)17-21(26)19-35(23-12-10-22(11-13-23)34(2)3)30(36)29-28(31)24-7-5-6-8-27(24)38-29/h5-9,14-18,22-23H,4,10-13,19H2,1-3H3. The molecular formula is C30H33ClN4O2S. The normalized spacial score (nSPS) is 17.6. The van der Waals surface area contributed by atoms with Gasteiger partial charge >= 0.3 is 0 Å². The maximum atomic E-state index is 14.3. The maximum absolute atomic E-state index is 14.3. The van der Waals surface area contributed by atoms with E-state index in [0.717, 1.165) is 58.3 Å². The topological polar surface area (TPSA) is 58.6 Å². The molecule has 6 nitrogen and oxygen atoms in total. The third-order valence-corrected chi connectivity index (χ3v) is 9.05. The van der Waals surface area contributed by atoms with Crippen molar-refractivity contribution in [3.05, 3.63) is 76.5 Å². The largest absolute Gasteiger partial charge is 0.494 e. The van der Waals surface area contributed by atoms with Gasteiger partial charge in [-0.3, -0.25) is 14.8 Å². The number of thiophene rings is 1. The van der Waals surface area contributed by atoms with Crippen molar-refractivity contribution in [1.29, 1.82) is 0 Å². The van der Waals surface area contributed by atoms with Crippen molar-refractivity contribution < 1.29 is 9.53 Å². The average molecular weight is 549 g/mol. The van der Waals surface area contributed by atoms with Gasteiger partial charge in [-0.1, -0.05) is 29.8 Å². The number of hydrogen-bond donors (Lipinski definition) is 0. The van der Waals surface area contributed by atoms with Crippen LogP contribution >= 0.6 is 22.9 Å². The first-order valence-electron chi connectivity index (χ1n) is 13.1. The Morgan fingerprint density at radius 1 is 1.08 bits per heavy atom. The summed E-state index contributed by atoms with van der Waals surface area (Å²) in [5, 5.41) is 1.47. The van der Waals surface area contributed by atoms with Gasteiger partial charge in [-0.2, -0.15) is 0 Å². The summed E-state index contributed by atoms with van der Waals surface area (Å²) in [5.74, 6) is 0.763. The van der Waals surface area contributed by atoms with Gasteiger partial charge in [0.2, 0.25) is 0 Å². The highest BCUT2D eigenvalue weighted by molar-refractivity contribution is 7.21. The molecule has 0 saturated heterocycles. The van der Waals surface area contributed by atoms with Crippen LogP contribution in [0.5, 0.6) is 5.75 Å². The molecule has 198 valence electrons. The number of aromatic nitrogens is 2. The fraction of sp³-hybridized carbons (Fsp3) is 0.367. The second-order valence-electron chi connectivity index (χ2n) is 9.95. The molecule has 2 aromatic heterocycles. The van der Waals surface area contributed by atoms with Gasteiger partial charge in [0, 0.05) is 52.2 Å². The summed E-state index contributed by atoms with van der Waals surface area (Å²) in [6, 6.07) is 14.6. The molecule has 0 aliphatic heterocycles. The molecule has 1 saturated carbocycles. The van der Waals surface area contributed by atoms with Crippen LogP contribution in [0.25, 0.3) is 21.3 Å². The van der Waals surface area contributed by atoms with Crippen LogP contribution in [-0.2, 0) is 6.54 Å². The Labute approximate surface area is 233 Å². The van der Waals surface area contributed by atoms with Crippen LogP contribution in [0.4, 0.5) is 0 Å². The third kappa shape index (κ3) is 5.55. The van der Waals surface area contributed by atoms with Crippen LogP contribution in [-0.4, -0.2) is 58.5 Å². The van der Waals surface area contributed by atoms with Crippen LogP contribution in [0.1, 0.15) is 47.8 Å². The van der Waals surface area contributed by atoms with Gasteiger partial charge in [0.05, 0.1) is 23.5 Å². The van der Waals surface area contributed by atoms with E-state index in [2.05, 4.69) is 35.0 Å². The number of benzene rings is 2. The van der Waals surface area contributed by atoms with E-state index >= 15 is 0 Å². The molecule has 4 aromatic rings. The first-order valence-corrected chi connectivity index (χ1v) is 14.3. The molecule has 0 spiro atoms. The molecule has 0 unspecified atom stereocenters. The molecule has 8 heteroatoms. The zero-order valence-electron chi connectivity index (χ0n) is 22.1. The number of ether oxygens (including phenoxy) is 1. The Kier molecular flexibility index (Phi) is 8.27. The molecule has 0 N–H and O–H groups in total. The lowest BCUT2D eigenvalue weighted by atomic mass is 9.89. The summed E-state index contributed by atoms with van der Waals surface area (Å²) in [6.07, 6.45) is 9.11. The molecule has 2 aromatic carbocycles. The lowest BCUT2D eigenvalue weighted by molar-refractivity contribution is 0.0572. The summed E-state index contributed by atoms with van der Waals surface area (Å²) in [4.78, 5) is 27.9. The SMILES string of the molecule is CCOc1ccc(-c2cnccn2)cc1CN(C(=O)c1sc2ccccc2c1Cl)C1CCC(N(C)C)CC1. The molecular weight excluding hydrogens is 516 g/mol. The van der Waals surface area contributed by atoms with Crippen molar-refractivity contribution in [2.24, 2.45) is 0 Å².